The SMILES string of the molecule is CC(C)c1ccc(NC(=O)N2CCC[C@H]2c2nc3cc(-c4ccccc4)ccc3o2)cc1. The van der Waals surface area contributed by atoms with E-state index in [0.29, 0.717) is 18.4 Å². The molecule has 1 aromatic heterocycles. The summed E-state index contributed by atoms with van der Waals surface area (Å²) >= 11 is 0. The number of benzene rings is 3. The lowest BCUT2D eigenvalue weighted by Crippen LogP contribution is -2.34. The van der Waals surface area contributed by atoms with Gasteiger partial charge < -0.3 is 14.6 Å². The second kappa shape index (κ2) is 8.50. The second-order valence-electron chi connectivity index (χ2n) is 8.66. The normalized spacial score (nSPS) is 16.1. The number of oxazole rings is 1. The monoisotopic (exact) mass is 425 g/mol. The highest BCUT2D eigenvalue weighted by molar-refractivity contribution is 5.90. The van der Waals surface area contributed by atoms with Crippen molar-refractivity contribution in [1.82, 2.24) is 9.88 Å². The number of hydrogen-bond donors (Lipinski definition) is 1. The molecule has 2 heterocycles. The Labute approximate surface area is 188 Å². The third-order valence-electron chi connectivity index (χ3n) is 6.14. The molecule has 2 amide bonds. The van der Waals surface area contributed by atoms with E-state index in [1.165, 1.54) is 5.56 Å². The van der Waals surface area contributed by atoms with Gasteiger partial charge in [0.25, 0.3) is 0 Å². The van der Waals surface area contributed by atoms with Crippen LogP contribution in [0.5, 0.6) is 0 Å². The molecule has 5 rings (SSSR count). The van der Waals surface area contributed by atoms with E-state index in [9.17, 15) is 4.79 Å². The van der Waals surface area contributed by atoms with Crippen molar-refractivity contribution in [2.75, 3.05) is 11.9 Å². The summed E-state index contributed by atoms with van der Waals surface area (Å²) in [5, 5.41) is 3.03. The molecule has 162 valence electrons. The fourth-order valence-electron chi connectivity index (χ4n) is 4.31. The molecule has 32 heavy (non-hydrogen) atoms. The molecule has 1 saturated heterocycles. The lowest BCUT2D eigenvalue weighted by atomic mass is 10.0. The van der Waals surface area contributed by atoms with Crippen LogP contribution in [-0.2, 0) is 0 Å². The van der Waals surface area contributed by atoms with Crippen LogP contribution in [-0.4, -0.2) is 22.5 Å². The summed E-state index contributed by atoms with van der Waals surface area (Å²) in [7, 11) is 0. The number of urea groups is 1. The average molecular weight is 426 g/mol. The minimum atomic E-state index is -0.155. The molecular weight excluding hydrogens is 398 g/mol. The van der Waals surface area contributed by atoms with E-state index in [0.717, 1.165) is 40.8 Å². The van der Waals surface area contributed by atoms with Gasteiger partial charge in [-0.15, -0.1) is 0 Å². The number of aromatic nitrogens is 1. The van der Waals surface area contributed by atoms with Crippen molar-refractivity contribution < 1.29 is 9.21 Å². The van der Waals surface area contributed by atoms with Crippen LogP contribution in [0.3, 0.4) is 0 Å². The van der Waals surface area contributed by atoms with Gasteiger partial charge in [0.15, 0.2) is 5.58 Å². The van der Waals surface area contributed by atoms with E-state index in [1.54, 1.807) is 0 Å². The lowest BCUT2D eigenvalue weighted by molar-refractivity contribution is 0.199. The lowest BCUT2D eigenvalue weighted by Gasteiger charge is -2.22. The van der Waals surface area contributed by atoms with Gasteiger partial charge in [-0.25, -0.2) is 9.78 Å². The van der Waals surface area contributed by atoms with Gasteiger partial charge in [0.2, 0.25) is 5.89 Å². The average Bonchev–Trinajstić information content (AvgIpc) is 3.46. The number of nitrogens with zero attached hydrogens (tertiary/aromatic N) is 2. The first-order chi connectivity index (χ1) is 15.6. The molecule has 0 unspecified atom stereocenters. The largest absolute Gasteiger partial charge is 0.438 e. The molecule has 3 aromatic carbocycles. The summed E-state index contributed by atoms with van der Waals surface area (Å²) in [5.74, 6) is 1.07. The molecule has 1 aliphatic rings. The van der Waals surface area contributed by atoms with Crippen LogP contribution < -0.4 is 5.32 Å². The Morgan fingerprint density at radius 2 is 1.81 bits per heavy atom. The summed E-state index contributed by atoms with van der Waals surface area (Å²) in [5.41, 5.74) is 5.86. The number of amides is 2. The van der Waals surface area contributed by atoms with Gasteiger partial charge in [-0.2, -0.15) is 0 Å². The van der Waals surface area contributed by atoms with Gasteiger partial charge in [-0.3, -0.25) is 0 Å². The number of hydrogen-bond acceptors (Lipinski definition) is 3. The maximum Gasteiger partial charge on any atom is 0.322 e. The molecule has 0 radical (unpaired) electrons. The van der Waals surface area contributed by atoms with E-state index < -0.39 is 0 Å². The number of nitrogens with one attached hydrogen (secondary N) is 1. The number of carbonyl (C=O) groups is 1. The van der Waals surface area contributed by atoms with E-state index in [1.807, 2.05) is 53.4 Å². The maximum absolute atomic E-state index is 13.0. The first-order valence-corrected chi connectivity index (χ1v) is 11.2. The van der Waals surface area contributed by atoms with Crippen LogP contribution in [0.4, 0.5) is 10.5 Å². The molecule has 4 aromatic rings. The Morgan fingerprint density at radius 3 is 2.56 bits per heavy atom. The van der Waals surface area contributed by atoms with Crippen molar-refractivity contribution in [1.29, 1.82) is 0 Å². The Balaban J connectivity index is 1.36. The minimum Gasteiger partial charge on any atom is -0.438 e. The zero-order valence-electron chi connectivity index (χ0n) is 18.4. The molecule has 1 atom stereocenters. The van der Waals surface area contributed by atoms with Crippen LogP contribution in [0.25, 0.3) is 22.2 Å². The molecule has 1 aliphatic heterocycles. The quantitative estimate of drug-likeness (QED) is 0.383. The van der Waals surface area contributed by atoms with Gasteiger partial charge in [0.05, 0.1) is 0 Å². The van der Waals surface area contributed by atoms with Gasteiger partial charge in [-0.05, 0) is 59.7 Å². The topological polar surface area (TPSA) is 58.4 Å². The first kappa shape index (κ1) is 20.3. The Kier molecular flexibility index (Phi) is 5.39. The highest BCUT2D eigenvalue weighted by atomic mass is 16.4. The van der Waals surface area contributed by atoms with Crippen LogP contribution >= 0.6 is 0 Å². The summed E-state index contributed by atoms with van der Waals surface area (Å²) in [6.45, 7) is 5.01. The second-order valence-corrected chi connectivity index (χ2v) is 8.66. The molecule has 5 nitrogen and oxygen atoms in total. The van der Waals surface area contributed by atoms with Crippen molar-refractivity contribution in [2.45, 2.75) is 38.6 Å². The maximum atomic E-state index is 13.0. The van der Waals surface area contributed by atoms with Crippen LogP contribution in [0, 0.1) is 0 Å². The fourth-order valence-corrected chi connectivity index (χ4v) is 4.31. The third-order valence-corrected chi connectivity index (χ3v) is 6.14. The highest BCUT2D eigenvalue weighted by Crippen LogP contribution is 2.34. The third kappa shape index (κ3) is 3.98. The Bertz CT molecular complexity index is 1230. The summed E-state index contributed by atoms with van der Waals surface area (Å²) in [6.07, 6.45) is 1.77. The summed E-state index contributed by atoms with van der Waals surface area (Å²) < 4.78 is 6.08. The van der Waals surface area contributed by atoms with Crippen molar-refractivity contribution in [3.8, 4) is 11.1 Å². The van der Waals surface area contributed by atoms with E-state index in [4.69, 9.17) is 9.40 Å². The first-order valence-electron chi connectivity index (χ1n) is 11.2. The summed E-state index contributed by atoms with van der Waals surface area (Å²) in [6, 6.07) is 24.1. The van der Waals surface area contributed by atoms with Crippen LogP contribution in [0.15, 0.2) is 77.2 Å². The summed E-state index contributed by atoms with van der Waals surface area (Å²) in [4.78, 5) is 19.6. The van der Waals surface area contributed by atoms with E-state index >= 15 is 0 Å². The van der Waals surface area contributed by atoms with E-state index in [-0.39, 0.29) is 12.1 Å². The van der Waals surface area contributed by atoms with Crippen molar-refractivity contribution in [3.05, 3.63) is 84.3 Å². The van der Waals surface area contributed by atoms with Gasteiger partial charge in [-0.1, -0.05) is 62.4 Å². The Hall–Kier alpha value is -3.60. The van der Waals surface area contributed by atoms with Gasteiger partial charge in [0, 0.05) is 12.2 Å². The number of carbonyl (C=O) groups excluding carboxylic acids is 1. The molecule has 0 bridgehead atoms. The molecule has 1 N–H and O–H groups in total. The highest BCUT2D eigenvalue weighted by Gasteiger charge is 2.33. The zero-order valence-corrected chi connectivity index (χ0v) is 18.4. The molecular formula is C27H27N3O2. The van der Waals surface area contributed by atoms with Crippen molar-refractivity contribution in [3.63, 3.8) is 0 Å². The van der Waals surface area contributed by atoms with Crippen molar-refractivity contribution >= 4 is 22.8 Å². The molecule has 1 fully saturated rings. The molecule has 5 heteroatoms. The number of rotatable bonds is 4. The van der Waals surface area contributed by atoms with Gasteiger partial charge in [0.1, 0.15) is 11.6 Å². The Morgan fingerprint density at radius 1 is 1.03 bits per heavy atom. The van der Waals surface area contributed by atoms with Gasteiger partial charge >= 0.3 is 6.03 Å². The number of likely N-dealkylation sites (tertiary alicyclic amines) is 1. The predicted molar refractivity (Wildman–Crippen MR) is 128 cm³/mol. The standard InChI is InChI=1S/C27H27N3O2/c1-18(2)19-10-13-22(14-11-19)28-27(31)30-16-6-9-24(30)26-29-23-17-21(12-15-25(23)32-26)20-7-4-3-5-8-20/h3-5,7-8,10-15,17-18,24H,6,9,16H2,1-2H3,(H,28,31)/t24-/m0/s1. The molecule has 0 aliphatic carbocycles. The van der Waals surface area contributed by atoms with E-state index in [2.05, 4.69) is 43.4 Å². The number of anilines is 1. The molecule has 0 saturated carbocycles. The zero-order chi connectivity index (χ0) is 22.1. The number of fused-ring (bicyclic) bond motifs is 1. The molecule has 0 spiro atoms. The smallest absolute Gasteiger partial charge is 0.322 e. The van der Waals surface area contributed by atoms with Crippen LogP contribution in [0.1, 0.15) is 50.1 Å². The minimum absolute atomic E-state index is 0.114. The van der Waals surface area contributed by atoms with Crippen LogP contribution in [0.2, 0.25) is 0 Å². The fraction of sp³-hybridized carbons (Fsp3) is 0.259. The predicted octanol–water partition coefficient (Wildman–Crippen LogP) is 6.99. The van der Waals surface area contributed by atoms with Crippen molar-refractivity contribution in [2.24, 2.45) is 0 Å².